The van der Waals surface area contributed by atoms with Crippen LogP contribution >= 0.6 is 11.3 Å². The molecule has 7 nitrogen and oxygen atoms in total. The van der Waals surface area contributed by atoms with E-state index >= 15 is 0 Å². The monoisotopic (exact) mass is 336 g/mol. The van der Waals surface area contributed by atoms with Crippen LogP contribution in [0.2, 0.25) is 0 Å². The van der Waals surface area contributed by atoms with Gasteiger partial charge < -0.3 is 14.2 Å². The molecule has 0 aliphatic rings. The molecule has 0 atom stereocenters. The van der Waals surface area contributed by atoms with Crippen LogP contribution in [-0.4, -0.2) is 37.7 Å². The predicted molar refractivity (Wildman–Crippen MR) is 85.6 cm³/mol. The van der Waals surface area contributed by atoms with E-state index in [1.54, 1.807) is 25.1 Å². The molecule has 8 heteroatoms. The number of esters is 1. The van der Waals surface area contributed by atoms with Crippen molar-refractivity contribution >= 4 is 28.3 Å². The maximum absolute atomic E-state index is 12.5. The van der Waals surface area contributed by atoms with E-state index in [2.05, 4.69) is 10.3 Å². The lowest BCUT2D eigenvalue weighted by molar-refractivity contribution is 0.0520. The molecule has 2 aromatic rings. The van der Waals surface area contributed by atoms with Crippen LogP contribution in [0.15, 0.2) is 23.6 Å². The van der Waals surface area contributed by atoms with Gasteiger partial charge in [0.2, 0.25) is 0 Å². The number of aromatic nitrogens is 1. The molecule has 0 saturated carbocycles. The van der Waals surface area contributed by atoms with E-state index in [1.165, 1.54) is 19.6 Å². The van der Waals surface area contributed by atoms with E-state index in [9.17, 15) is 9.59 Å². The summed E-state index contributed by atoms with van der Waals surface area (Å²) in [6.45, 7) is 1.97. The highest BCUT2D eigenvalue weighted by atomic mass is 32.1. The Morgan fingerprint density at radius 1 is 1.22 bits per heavy atom. The lowest BCUT2D eigenvalue weighted by Crippen LogP contribution is -2.15. The van der Waals surface area contributed by atoms with Gasteiger partial charge in [0.1, 0.15) is 17.1 Å². The Morgan fingerprint density at radius 3 is 2.43 bits per heavy atom. The number of benzene rings is 1. The first kappa shape index (κ1) is 16.8. The molecule has 0 bridgehead atoms. The molecule has 1 amide bonds. The Kier molecular flexibility index (Phi) is 5.53. The highest BCUT2D eigenvalue weighted by molar-refractivity contribution is 7.14. The summed E-state index contributed by atoms with van der Waals surface area (Å²) in [5.74, 6) is -0.212. The summed E-state index contributed by atoms with van der Waals surface area (Å²) in [6, 6.07) is 5.03. The van der Waals surface area contributed by atoms with Crippen molar-refractivity contribution in [2.75, 3.05) is 26.1 Å². The van der Waals surface area contributed by atoms with Crippen molar-refractivity contribution in [3.05, 3.63) is 34.8 Å². The second kappa shape index (κ2) is 7.59. The van der Waals surface area contributed by atoms with Crippen molar-refractivity contribution in [3.63, 3.8) is 0 Å². The molecule has 0 aliphatic heterocycles. The summed E-state index contributed by atoms with van der Waals surface area (Å²) in [6.07, 6.45) is 0. The summed E-state index contributed by atoms with van der Waals surface area (Å²) in [5.41, 5.74) is 0.407. The van der Waals surface area contributed by atoms with Gasteiger partial charge in [-0.25, -0.2) is 9.78 Å². The molecule has 122 valence electrons. The van der Waals surface area contributed by atoms with Crippen molar-refractivity contribution in [3.8, 4) is 11.5 Å². The zero-order valence-corrected chi connectivity index (χ0v) is 13.7. The number of rotatable bonds is 6. The van der Waals surface area contributed by atoms with Crippen LogP contribution < -0.4 is 14.8 Å². The first-order valence-electron chi connectivity index (χ1n) is 6.75. The van der Waals surface area contributed by atoms with E-state index in [0.717, 1.165) is 11.3 Å². The van der Waals surface area contributed by atoms with Crippen molar-refractivity contribution in [1.82, 2.24) is 4.98 Å². The highest BCUT2D eigenvalue weighted by Gasteiger charge is 2.20. The third kappa shape index (κ3) is 3.78. The van der Waals surface area contributed by atoms with Crippen LogP contribution in [0.25, 0.3) is 0 Å². The van der Waals surface area contributed by atoms with Gasteiger partial charge in [0, 0.05) is 5.38 Å². The molecule has 0 unspecified atom stereocenters. The number of hydrogen-bond acceptors (Lipinski definition) is 7. The van der Waals surface area contributed by atoms with E-state index in [1.807, 2.05) is 0 Å². The minimum atomic E-state index is -0.529. The summed E-state index contributed by atoms with van der Waals surface area (Å²) in [5, 5.41) is 4.43. The Bertz CT molecular complexity index is 691. The Balaban J connectivity index is 2.21. The van der Waals surface area contributed by atoms with Crippen LogP contribution in [0.3, 0.4) is 0 Å². The molecule has 0 saturated heterocycles. The minimum Gasteiger partial charge on any atom is -0.496 e. The second-order valence-corrected chi connectivity index (χ2v) is 5.11. The Labute approximate surface area is 137 Å². The maximum Gasteiger partial charge on any atom is 0.357 e. The highest BCUT2D eigenvalue weighted by Crippen LogP contribution is 2.29. The fraction of sp³-hybridized carbons (Fsp3) is 0.267. The summed E-state index contributed by atoms with van der Waals surface area (Å²) in [7, 11) is 2.93. The quantitative estimate of drug-likeness (QED) is 0.816. The summed E-state index contributed by atoms with van der Waals surface area (Å²) in [4.78, 5) is 28.1. The Hall–Kier alpha value is -2.61. The number of methoxy groups -OCH3 is 2. The van der Waals surface area contributed by atoms with E-state index in [0.29, 0.717) is 11.5 Å². The van der Waals surface area contributed by atoms with E-state index in [4.69, 9.17) is 14.2 Å². The van der Waals surface area contributed by atoms with Crippen molar-refractivity contribution in [2.24, 2.45) is 0 Å². The molecular weight excluding hydrogens is 320 g/mol. The number of hydrogen-bond donors (Lipinski definition) is 1. The zero-order valence-electron chi connectivity index (χ0n) is 12.9. The summed E-state index contributed by atoms with van der Waals surface area (Å²) < 4.78 is 15.2. The molecular formula is C15H16N2O5S. The smallest absolute Gasteiger partial charge is 0.357 e. The summed E-state index contributed by atoms with van der Waals surface area (Å²) >= 11 is 1.13. The molecule has 0 spiro atoms. The van der Waals surface area contributed by atoms with Crippen LogP contribution in [-0.2, 0) is 4.74 Å². The van der Waals surface area contributed by atoms with E-state index < -0.39 is 11.9 Å². The lowest BCUT2D eigenvalue weighted by Gasteiger charge is -2.11. The molecule has 2 rings (SSSR count). The Morgan fingerprint density at radius 2 is 1.87 bits per heavy atom. The fourth-order valence-electron chi connectivity index (χ4n) is 1.86. The van der Waals surface area contributed by atoms with Gasteiger partial charge in [0.15, 0.2) is 10.8 Å². The minimum absolute atomic E-state index is 0.152. The van der Waals surface area contributed by atoms with Gasteiger partial charge in [-0.15, -0.1) is 11.3 Å². The number of thiazole rings is 1. The molecule has 23 heavy (non-hydrogen) atoms. The number of anilines is 1. The topological polar surface area (TPSA) is 86.8 Å². The molecule has 1 aromatic heterocycles. The maximum atomic E-state index is 12.5. The van der Waals surface area contributed by atoms with Gasteiger partial charge in [0.25, 0.3) is 5.91 Å². The largest absolute Gasteiger partial charge is 0.496 e. The van der Waals surface area contributed by atoms with Crippen LogP contribution in [0.1, 0.15) is 27.8 Å². The average molecular weight is 336 g/mol. The average Bonchev–Trinajstić information content (AvgIpc) is 3.02. The molecule has 0 radical (unpaired) electrons. The van der Waals surface area contributed by atoms with Gasteiger partial charge in [-0.05, 0) is 19.1 Å². The number of nitrogens with one attached hydrogen (secondary N) is 1. The third-order valence-corrected chi connectivity index (χ3v) is 3.62. The van der Waals surface area contributed by atoms with Gasteiger partial charge in [-0.3, -0.25) is 10.1 Å². The molecule has 0 fully saturated rings. The van der Waals surface area contributed by atoms with Crippen molar-refractivity contribution in [1.29, 1.82) is 0 Å². The zero-order chi connectivity index (χ0) is 16.8. The van der Waals surface area contributed by atoms with Crippen molar-refractivity contribution in [2.45, 2.75) is 6.92 Å². The number of carbonyl (C=O) groups excluding carboxylic acids is 2. The van der Waals surface area contributed by atoms with Gasteiger partial charge in [0.05, 0.1) is 20.8 Å². The normalized spacial score (nSPS) is 10.0. The lowest BCUT2D eigenvalue weighted by atomic mass is 10.1. The standard InChI is InChI=1S/C15H16N2O5S/c1-4-22-14(19)9-8-23-15(16-9)17-13(18)12-10(20-2)6-5-7-11(12)21-3/h5-8H,4H2,1-3H3,(H,16,17,18). The molecule has 1 heterocycles. The number of nitrogens with zero attached hydrogens (tertiary/aromatic N) is 1. The van der Waals surface area contributed by atoms with Crippen LogP contribution in [0.5, 0.6) is 11.5 Å². The second-order valence-electron chi connectivity index (χ2n) is 4.25. The SMILES string of the molecule is CCOC(=O)c1csc(NC(=O)c2c(OC)cccc2OC)n1. The number of carbonyl (C=O) groups is 2. The van der Waals surface area contributed by atoms with Crippen LogP contribution in [0, 0.1) is 0 Å². The first-order valence-corrected chi connectivity index (χ1v) is 7.63. The first-order chi connectivity index (χ1) is 11.1. The van der Waals surface area contributed by atoms with Crippen molar-refractivity contribution < 1.29 is 23.8 Å². The third-order valence-electron chi connectivity index (χ3n) is 2.86. The van der Waals surface area contributed by atoms with Crippen LogP contribution in [0.4, 0.5) is 5.13 Å². The molecule has 0 aliphatic carbocycles. The number of ether oxygens (including phenoxy) is 3. The molecule has 1 aromatic carbocycles. The molecule has 1 N–H and O–H groups in total. The van der Waals surface area contributed by atoms with Gasteiger partial charge >= 0.3 is 5.97 Å². The predicted octanol–water partition coefficient (Wildman–Crippen LogP) is 2.59. The van der Waals surface area contributed by atoms with E-state index in [-0.39, 0.29) is 23.0 Å². The van der Waals surface area contributed by atoms with Gasteiger partial charge in [-0.2, -0.15) is 0 Å². The fourth-order valence-corrected chi connectivity index (χ4v) is 2.54. The number of amides is 1. The van der Waals surface area contributed by atoms with Gasteiger partial charge in [-0.1, -0.05) is 6.07 Å².